The summed E-state index contributed by atoms with van der Waals surface area (Å²) in [5.41, 5.74) is -1.16. The van der Waals surface area contributed by atoms with E-state index in [1.54, 1.807) is 24.3 Å². The predicted molar refractivity (Wildman–Crippen MR) is 104 cm³/mol. The Morgan fingerprint density at radius 2 is 1.71 bits per heavy atom. The number of methoxy groups -OCH3 is 1. The molecule has 0 radical (unpaired) electrons. The number of imide groups is 1. The Morgan fingerprint density at radius 1 is 1.10 bits per heavy atom. The predicted octanol–water partition coefficient (Wildman–Crippen LogP) is 2.80. The summed E-state index contributed by atoms with van der Waals surface area (Å²) in [4.78, 5) is 38.2. The number of urea groups is 1. The summed E-state index contributed by atoms with van der Waals surface area (Å²) < 4.78 is 42.9. The second-order valence-electron chi connectivity index (χ2n) is 7.15. The van der Waals surface area contributed by atoms with Gasteiger partial charge in [-0.1, -0.05) is 24.3 Å². The summed E-state index contributed by atoms with van der Waals surface area (Å²) in [6, 6.07) is 10.2. The largest absolute Gasteiger partial charge is 0.497 e. The Hall–Kier alpha value is -3.56. The zero-order valence-corrected chi connectivity index (χ0v) is 16.7. The summed E-state index contributed by atoms with van der Waals surface area (Å²) in [5, 5.41) is 5.09. The molecule has 1 aliphatic rings. The van der Waals surface area contributed by atoms with Crippen molar-refractivity contribution in [3.8, 4) is 5.75 Å². The molecule has 10 heteroatoms. The van der Waals surface area contributed by atoms with E-state index in [1.807, 2.05) is 0 Å². The smallest absolute Gasteiger partial charge is 0.416 e. The van der Waals surface area contributed by atoms with Crippen molar-refractivity contribution in [2.24, 2.45) is 0 Å². The number of alkyl halides is 3. The Bertz CT molecular complexity index is 990. The first-order valence-corrected chi connectivity index (χ1v) is 9.26. The fourth-order valence-corrected chi connectivity index (χ4v) is 3.17. The number of nitrogens with zero attached hydrogens (tertiary/aromatic N) is 1. The molecule has 164 valence electrons. The van der Waals surface area contributed by atoms with Crippen LogP contribution < -0.4 is 15.4 Å². The molecule has 0 aliphatic carbocycles. The highest BCUT2D eigenvalue weighted by Crippen LogP contribution is 2.30. The van der Waals surface area contributed by atoms with Crippen LogP contribution in [0.1, 0.15) is 23.6 Å². The van der Waals surface area contributed by atoms with E-state index in [-0.39, 0.29) is 6.54 Å². The van der Waals surface area contributed by atoms with Gasteiger partial charge >= 0.3 is 12.2 Å². The molecule has 0 aromatic heterocycles. The second kappa shape index (κ2) is 8.29. The minimum Gasteiger partial charge on any atom is -0.497 e. The number of rotatable bonds is 6. The third-order valence-electron chi connectivity index (χ3n) is 5.02. The van der Waals surface area contributed by atoms with Crippen LogP contribution >= 0.6 is 0 Å². The Kier molecular flexibility index (Phi) is 5.92. The van der Waals surface area contributed by atoms with Crippen molar-refractivity contribution in [2.75, 3.05) is 13.7 Å². The molecule has 2 aromatic rings. The van der Waals surface area contributed by atoms with Gasteiger partial charge in [-0.3, -0.25) is 14.5 Å². The number of benzene rings is 2. The molecule has 4 amide bonds. The highest BCUT2D eigenvalue weighted by Gasteiger charge is 2.49. The molecule has 31 heavy (non-hydrogen) atoms. The number of carbonyl (C=O) groups excluding carboxylic acids is 3. The van der Waals surface area contributed by atoms with E-state index in [0.29, 0.717) is 16.9 Å². The van der Waals surface area contributed by atoms with Gasteiger partial charge in [0, 0.05) is 6.54 Å². The van der Waals surface area contributed by atoms with E-state index < -0.39 is 41.7 Å². The van der Waals surface area contributed by atoms with Crippen LogP contribution in [0, 0.1) is 0 Å². The number of hydrogen-bond donors (Lipinski definition) is 2. The minimum absolute atomic E-state index is 0.0453. The fourth-order valence-electron chi connectivity index (χ4n) is 3.17. The monoisotopic (exact) mass is 435 g/mol. The Labute approximate surface area is 176 Å². The number of nitrogens with one attached hydrogen (secondary N) is 2. The minimum atomic E-state index is -4.44. The average Bonchev–Trinajstić information content (AvgIpc) is 2.96. The quantitative estimate of drug-likeness (QED) is 0.684. The maximum atomic E-state index is 12.9. The van der Waals surface area contributed by atoms with Crippen LogP contribution in [0.4, 0.5) is 18.0 Å². The van der Waals surface area contributed by atoms with Gasteiger partial charge in [-0.05, 0) is 42.3 Å². The first-order valence-electron chi connectivity index (χ1n) is 9.26. The molecule has 3 rings (SSSR count). The Morgan fingerprint density at radius 3 is 2.26 bits per heavy atom. The fraction of sp³-hybridized carbons (Fsp3) is 0.286. The van der Waals surface area contributed by atoms with Crippen LogP contribution in [0.5, 0.6) is 5.75 Å². The van der Waals surface area contributed by atoms with Crippen LogP contribution in [0.15, 0.2) is 48.5 Å². The highest BCUT2D eigenvalue weighted by atomic mass is 19.4. The van der Waals surface area contributed by atoms with Crippen molar-refractivity contribution < 1.29 is 32.3 Å². The van der Waals surface area contributed by atoms with Crippen molar-refractivity contribution in [2.45, 2.75) is 25.2 Å². The van der Waals surface area contributed by atoms with Gasteiger partial charge in [-0.15, -0.1) is 0 Å². The molecule has 0 saturated carbocycles. The van der Waals surface area contributed by atoms with E-state index >= 15 is 0 Å². The summed E-state index contributed by atoms with van der Waals surface area (Å²) >= 11 is 0. The summed E-state index contributed by atoms with van der Waals surface area (Å²) in [7, 11) is 1.50. The lowest BCUT2D eigenvalue weighted by molar-refractivity contribution is -0.137. The van der Waals surface area contributed by atoms with E-state index in [1.165, 1.54) is 26.2 Å². The van der Waals surface area contributed by atoms with E-state index in [4.69, 9.17) is 4.74 Å². The van der Waals surface area contributed by atoms with Crippen LogP contribution in [-0.4, -0.2) is 36.4 Å². The third kappa shape index (κ3) is 4.62. The molecule has 1 fully saturated rings. The number of carbonyl (C=O) groups is 3. The summed E-state index contributed by atoms with van der Waals surface area (Å²) in [6.07, 6.45) is -4.44. The zero-order chi connectivity index (χ0) is 22.8. The lowest BCUT2D eigenvalue weighted by Crippen LogP contribution is -2.43. The molecule has 2 aromatic carbocycles. The van der Waals surface area contributed by atoms with Gasteiger partial charge in [-0.2, -0.15) is 13.2 Å². The molecule has 7 nitrogen and oxygen atoms in total. The lowest BCUT2D eigenvalue weighted by Gasteiger charge is -2.22. The molecule has 1 aliphatic heterocycles. The molecule has 2 N–H and O–H groups in total. The maximum absolute atomic E-state index is 12.9. The van der Waals surface area contributed by atoms with Gasteiger partial charge in [0.05, 0.1) is 12.7 Å². The molecule has 1 saturated heterocycles. The molecular weight excluding hydrogens is 415 g/mol. The van der Waals surface area contributed by atoms with E-state index in [9.17, 15) is 27.6 Å². The van der Waals surface area contributed by atoms with Gasteiger partial charge in [-0.25, -0.2) is 4.79 Å². The van der Waals surface area contributed by atoms with Crippen LogP contribution in [0.3, 0.4) is 0 Å². The Balaban J connectivity index is 1.62. The van der Waals surface area contributed by atoms with Gasteiger partial charge in [0.2, 0.25) is 5.91 Å². The number of hydrogen-bond acceptors (Lipinski definition) is 4. The molecule has 1 unspecified atom stereocenters. The van der Waals surface area contributed by atoms with Gasteiger partial charge < -0.3 is 15.4 Å². The SMILES string of the molecule is COc1ccc(C2(C)NC(=O)N(CC(=O)NCc3ccc(C(F)(F)F)cc3)C2=O)cc1. The van der Waals surface area contributed by atoms with Gasteiger partial charge in [0.1, 0.15) is 17.8 Å². The van der Waals surface area contributed by atoms with Crippen LogP contribution in [-0.2, 0) is 27.8 Å². The van der Waals surface area contributed by atoms with Crippen molar-refractivity contribution >= 4 is 17.8 Å². The van der Waals surface area contributed by atoms with Crippen molar-refractivity contribution in [1.82, 2.24) is 15.5 Å². The first kappa shape index (κ1) is 22.1. The van der Waals surface area contributed by atoms with Crippen molar-refractivity contribution in [3.05, 3.63) is 65.2 Å². The normalized spacial score (nSPS) is 18.7. The third-order valence-corrected chi connectivity index (χ3v) is 5.02. The highest BCUT2D eigenvalue weighted by molar-refractivity contribution is 6.09. The van der Waals surface area contributed by atoms with Crippen LogP contribution in [0.25, 0.3) is 0 Å². The topological polar surface area (TPSA) is 87.7 Å². The van der Waals surface area contributed by atoms with Gasteiger partial charge in [0.15, 0.2) is 0 Å². The second-order valence-corrected chi connectivity index (χ2v) is 7.15. The molecule has 1 heterocycles. The molecule has 0 spiro atoms. The standard InChI is InChI=1S/C21H20F3N3O4/c1-20(14-7-9-16(31-2)10-8-14)18(29)27(19(30)26-20)12-17(28)25-11-13-3-5-15(6-4-13)21(22,23)24/h3-10H,11-12H2,1-2H3,(H,25,28)(H,26,30). The number of amides is 4. The summed E-state index contributed by atoms with van der Waals surface area (Å²) in [6.45, 7) is 0.975. The molecular formula is C21H20F3N3O4. The molecule has 0 bridgehead atoms. The molecule has 1 atom stereocenters. The van der Waals surface area contributed by atoms with Crippen molar-refractivity contribution in [1.29, 1.82) is 0 Å². The number of ether oxygens (including phenoxy) is 1. The van der Waals surface area contributed by atoms with E-state index in [2.05, 4.69) is 10.6 Å². The lowest BCUT2D eigenvalue weighted by atomic mass is 9.92. The number of halogens is 3. The maximum Gasteiger partial charge on any atom is 0.416 e. The average molecular weight is 435 g/mol. The summed E-state index contributed by atoms with van der Waals surface area (Å²) in [5.74, 6) is -0.627. The first-order chi connectivity index (χ1) is 14.5. The zero-order valence-electron chi connectivity index (χ0n) is 16.7. The van der Waals surface area contributed by atoms with E-state index in [0.717, 1.165) is 17.0 Å². The van der Waals surface area contributed by atoms with Crippen molar-refractivity contribution in [3.63, 3.8) is 0 Å². The van der Waals surface area contributed by atoms with Crippen LogP contribution in [0.2, 0.25) is 0 Å². The van der Waals surface area contributed by atoms with Gasteiger partial charge in [0.25, 0.3) is 5.91 Å².